The molecule has 0 aliphatic carbocycles. The molecular weight excluding hydrogens is 290 g/mol. The molecule has 140 valence electrons. The first kappa shape index (κ1) is 24.6. The van der Waals surface area contributed by atoms with Crippen LogP contribution in [0.5, 0.6) is 0 Å². The first-order valence-corrected chi connectivity index (χ1v) is 9.46. The van der Waals surface area contributed by atoms with Gasteiger partial charge in [0, 0.05) is 45.7 Å². The number of piperazine rings is 1. The van der Waals surface area contributed by atoms with Crippen LogP contribution in [-0.4, -0.2) is 74.7 Å². The maximum atomic E-state index is 11.0. The van der Waals surface area contributed by atoms with Crippen molar-refractivity contribution in [1.82, 2.24) is 15.1 Å². The molecule has 0 aromatic rings. The Labute approximate surface area is 144 Å². The zero-order valence-corrected chi connectivity index (χ0v) is 16.5. The fraction of sp³-hybridized carbons (Fsp3) is 0.944. The van der Waals surface area contributed by atoms with Crippen molar-refractivity contribution in [2.24, 2.45) is 0 Å². The Morgan fingerprint density at radius 1 is 0.957 bits per heavy atom. The van der Waals surface area contributed by atoms with Gasteiger partial charge in [0.1, 0.15) is 0 Å². The number of likely N-dealkylation sites (N-methyl/N-ethyl adjacent to an activating group) is 1. The third-order valence-corrected chi connectivity index (χ3v) is 3.35. The lowest BCUT2D eigenvalue weighted by Gasteiger charge is -2.33. The van der Waals surface area contributed by atoms with Crippen molar-refractivity contribution in [3.8, 4) is 0 Å². The summed E-state index contributed by atoms with van der Waals surface area (Å²) < 4.78 is 5.51. The van der Waals surface area contributed by atoms with Crippen molar-refractivity contribution >= 4 is 5.91 Å². The van der Waals surface area contributed by atoms with Crippen molar-refractivity contribution in [3.63, 3.8) is 0 Å². The van der Waals surface area contributed by atoms with Gasteiger partial charge in [0.15, 0.2) is 0 Å². The molecular formula is C18H41N3O2. The molecule has 0 aromatic heterocycles. The van der Waals surface area contributed by atoms with Gasteiger partial charge in [-0.2, -0.15) is 0 Å². The van der Waals surface area contributed by atoms with E-state index < -0.39 is 0 Å². The third kappa shape index (κ3) is 16.0. The van der Waals surface area contributed by atoms with E-state index in [9.17, 15) is 4.79 Å². The smallest absolute Gasteiger partial charge is 0.219 e. The molecule has 1 fully saturated rings. The Morgan fingerprint density at radius 2 is 1.48 bits per heavy atom. The standard InChI is InChI=1S/C13H27N3O2.C3H8.C2H6/c1-3-13(17)14-5-11-18-12-10-16-8-6-15(4-2)7-9-16;1-3-2;1-2/h3-12H2,1-2H3,(H,14,17);3H2,1-2H3;1-2H3. The molecule has 1 saturated heterocycles. The number of carbonyl (C=O) groups is 1. The van der Waals surface area contributed by atoms with Crippen LogP contribution in [0, 0.1) is 0 Å². The highest BCUT2D eigenvalue weighted by atomic mass is 16.5. The predicted octanol–water partition coefficient (Wildman–Crippen LogP) is 2.61. The second-order valence-corrected chi connectivity index (χ2v) is 5.30. The van der Waals surface area contributed by atoms with E-state index in [4.69, 9.17) is 4.74 Å². The molecule has 1 heterocycles. The van der Waals surface area contributed by atoms with E-state index in [0.29, 0.717) is 19.6 Å². The Bertz CT molecular complexity index is 242. The topological polar surface area (TPSA) is 44.8 Å². The van der Waals surface area contributed by atoms with Crippen molar-refractivity contribution in [2.75, 3.05) is 59.0 Å². The molecule has 5 heteroatoms. The summed E-state index contributed by atoms with van der Waals surface area (Å²) in [5.41, 5.74) is 0. The molecule has 1 rings (SSSR count). The molecule has 0 atom stereocenters. The highest BCUT2D eigenvalue weighted by Gasteiger charge is 2.14. The van der Waals surface area contributed by atoms with E-state index in [1.54, 1.807) is 0 Å². The summed E-state index contributed by atoms with van der Waals surface area (Å²) in [7, 11) is 0. The second kappa shape index (κ2) is 19.4. The molecule has 0 bridgehead atoms. The van der Waals surface area contributed by atoms with E-state index in [1.165, 1.54) is 19.5 Å². The van der Waals surface area contributed by atoms with Gasteiger partial charge in [0.2, 0.25) is 5.91 Å². The Kier molecular flexibility index (Phi) is 20.7. The van der Waals surface area contributed by atoms with E-state index in [1.807, 2.05) is 20.8 Å². The van der Waals surface area contributed by atoms with Gasteiger partial charge in [0.25, 0.3) is 0 Å². The van der Waals surface area contributed by atoms with Gasteiger partial charge in [-0.3, -0.25) is 9.69 Å². The largest absolute Gasteiger partial charge is 0.378 e. The maximum Gasteiger partial charge on any atom is 0.219 e. The SMILES string of the molecule is CC.CCC.CCC(=O)NCCOCCN1CCN(CC)CC1. The minimum atomic E-state index is 0.0919. The average Bonchev–Trinajstić information content (AvgIpc) is 2.60. The number of carbonyl (C=O) groups excluding carboxylic acids is 1. The van der Waals surface area contributed by atoms with Gasteiger partial charge in [0.05, 0.1) is 13.2 Å². The van der Waals surface area contributed by atoms with Crippen LogP contribution < -0.4 is 5.32 Å². The lowest BCUT2D eigenvalue weighted by Crippen LogP contribution is -2.47. The molecule has 1 aliphatic heterocycles. The maximum absolute atomic E-state index is 11.0. The Hall–Kier alpha value is -0.650. The molecule has 5 nitrogen and oxygen atoms in total. The summed E-state index contributed by atoms with van der Waals surface area (Å²) in [6.07, 6.45) is 1.79. The first-order valence-electron chi connectivity index (χ1n) is 9.46. The van der Waals surface area contributed by atoms with E-state index in [-0.39, 0.29) is 5.91 Å². The molecule has 1 aliphatic rings. The van der Waals surface area contributed by atoms with Gasteiger partial charge in [-0.1, -0.05) is 48.0 Å². The number of ether oxygens (including phenoxy) is 1. The van der Waals surface area contributed by atoms with Crippen LogP contribution >= 0.6 is 0 Å². The number of rotatable bonds is 8. The number of hydrogen-bond donors (Lipinski definition) is 1. The highest BCUT2D eigenvalue weighted by Crippen LogP contribution is 2.00. The summed E-state index contributed by atoms with van der Waals surface area (Å²) in [5.74, 6) is 0.0919. The van der Waals surface area contributed by atoms with E-state index >= 15 is 0 Å². The lowest BCUT2D eigenvalue weighted by atomic mass is 10.3. The first-order chi connectivity index (χ1) is 11.2. The van der Waals surface area contributed by atoms with Gasteiger partial charge in [-0.15, -0.1) is 0 Å². The average molecular weight is 332 g/mol. The van der Waals surface area contributed by atoms with E-state index in [0.717, 1.165) is 32.8 Å². The molecule has 1 N–H and O–H groups in total. The summed E-state index contributed by atoms with van der Waals surface area (Å²) in [5, 5.41) is 2.80. The Morgan fingerprint density at radius 3 is 1.96 bits per heavy atom. The van der Waals surface area contributed by atoms with Crippen LogP contribution in [0.2, 0.25) is 0 Å². The molecule has 1 amide bonds. The Balaban J connectivity index is 0. The fourth-order valence-electron chi connectivity index (χ4n) is 2.01. The van der Waals surface area contributed by atoms with E-state index in [2.05, 4.69) is 35.9 Å². The van der Waals surface area contributed by atoms with Crippen molar-refractivity contribution in [1.29, 1.82) is 0 Å². The minimum Gasteiger partial charge on any atom is -0.378 e. The fourth-order valence-corrected chi connectivity index (χ4v) is 2.01. The summed E-state index contributed by atoms with van der Waals surface area (Å²) in [6.45, 7) is 21.1. The van der Waals surface area contributed by atoms with Crippen molar-refractivity contribution in [3.05, 3.63) is 0 Å². The summed E-state index contributed by atoms with van der Waals surface area (Å²) in [4.78, 5) is 15.9. The van der Waals surface area contributed by atoms with Crippen LogP contribution in [0.1, 0.15) is 54.4 Å². The molecule has 0 radical (unpaired) electrons. The van der Waals surface area contributed by atoms with Crippen LogP contribution in [0.3, 0.4) is 0 Å². The summed E-state index contributed by atoms with van der Waals surface area (Å²) in [6, 6.07) is 0. The highest BCUT2D eigenvalue weighted by molar-refractivity contribution is 5.75. The molecule has 23 heavy (non-hydrogen) atoms. The normalized spacial score (nSPS) is 15.0. The van der Waals surface area contributed by atoms with Crippen molar-refractivity contribution in [2.45, 2.75) is 54.4 Å². The molecule has 0 aromatic carbocycles. The van der Waals surface area contributed by atoms with Gasteiger partial charge >= 0.3 is 0 Å². The second-order valence-electron chi connectivity index (χ2n) is 5.30. The number of nitrogens with one attached hydrogen (secondary N) is 1. The van der Waals surface area contributed by atoms with Gasteiger partial charge in [-0.25, -0.2) is 0 Å². The summed E-state index contributed by atoms with van der Waals surface area (Å²) >= 11 is 0. The van der Waals surface area contributed by atoms with Crippen LogP contribution in [-0.2, 0) is 9.53 Å². The lowest BCUT2D eigenvalue weighted by molar-refractivity contribution is -0.121. The number of hydrogen-bond acceptors (Lipinski definition) is 4. The van der Waals surface area contributed by atoms with Crippen LogP contribution in [0.25, 0.3) is 0 Å². The van der Waals surface area contributed by atoms with Crippen LogP contribution in [0.4, 0.5) is 0 Å². The molecule has 0 unspecified atom stereocenters. The number of amides is 1. The quantitative estimate of drug-likeness (QED) is 0.695. The van der Waals surface area contributed by atoms with Crippen molar-refractivity contribution < 1.29 is 9.53 Å². The third-order valence-electron chi connectivity index (χ3n) is 3.35. The van der Waals surface area contributed by atoms with Gasteiger partial charge < -0.3 is 15.0 Å². The van der Waals surface area contributed by atoms with Gasteiger partial charge in [-0.05, 0) is 6.54 Å². The predicted molar refractivity (Wildman–Crippen MR) is 100.0 cm³/mol. The molecule has 0 spiro atoms. The van der Waals surface area contributed by atoms with Crippen LogP contribution in [0.15, 0.2) is 0 Å². The minimum absolute atomic E-state index is 0.0919. The number of nitrogens with zero attached hydrogens (tertiary/aromatic N) is 2. The monoisotopic (exact) mass is 331 g/mol. The molecule has 0 saturated carbocycles. The zero-order chi connectivity index (χ0) is 17.9. The zero-order valence-electron chi connectivity index (χ0n) is 16.5.